The molecule has 0 aromatic carbocycles. The lowest BCUT2D eigenvalue weighted by Crippen LogP contribution is -2.53. The largest absolute Gasteiger partial charge is 0.391 e. The summed E-state index contributed by atoms with van der Waals surface area (Å²) in [5, 5.41) is 16.8. The molecule has 4 saturated carbocycles. The average Bonchev–Trinajstić information content (AvgIpc) is 2.58. The average molecular weight is 329 g/mol. The summed E-state index contributed by atoms with van der Waals surface area (Å²) in [5.41, 5.74) is 0.506. The molecule has 3 N–H and O–H groups in total. The Bertz CT molecular complexity index is 596. The third-order valence-corrected chi connectivity index (χ3v) is 6.48. The Balaban J connectivity index is 1.42. The Morgan fingerprint density at radius 3 is 2.46 bits per heavy atom. The van der Waals surface area contributed by atoms with Crippen molar-refractivity contribution in [3.8, 4) is 0 Å². The summed E-state index contributed by atoms with van der Waals surface area (Å²) in [4.78, 5) is 16.0. The second kappa shape index (κ2) is 6.03. The molecule has 0 unspecified atom stereocenters. The highest BCUT2D eigenvalue weighted by Gasteiger charge is 2.53. The fourth-order valence-corrected chi connectivity index (χ4v) is 5.79. The molecule has 4 bridgehead atoms. The number of nitrogens with zero attached hydrogens (tertiary/aromatic N) is 1. The van der Waals surface area contributed by atoms with Crippen LogP contribution in [0.5, 0.6) is 0 Å². The highest BCUT2D eigenvalue weighted by Crippen LogP contribution is 2.61. The highest BCUT2D eigenvalue weighted by atomic mass is 16.3. The number of carbonyl (C=O) groups is 1. The summed E-state index contributed by atoms with van der Waals surface area (Å²) in [6.07, 6.45) is 7.38. The number of carbonyl (C=O) groups excluding carboxylic acids is 1. The third-order valence-electron chi connectivity index (χ3n) is 6.48. The zero-order chi connectivity index (χ0) is 16.7. The van der Waals surface area contributed by atoms with E-state index in [0.29, 0.717) is 18.1 Å². The second-order valence-electron chi connectivity index (χ2n) is 8.16. The van der Waals surface area contributed by atoms with Crippen molar-refractivity contribution in [2.45, 2.75) is 44.6 Å². The lowest BCUT2D eigenvalue weighted by Gasteiger charge is -2.58. The van der Waals surface area contributed by atoms with Crippen molar-refractivity contribution in [1.82, 2.24) is 10.3 Å². The van der Waals surface area contributed by atoms with Gasteiger partial charge in [0.25, 0.3) is 5.91 Å². The summed E-state index contributed by atoms with van der Waals surface area (Å²) in [6, 6.07) is 5.36. The van der Waals surface area contributed by atoms with Crippen LogP contribution >= 0.6 is 0 Å². The van der Waals surface area contributed by atoms with Gasteiger partial charge in [-0.2, -0.15) is 0 Å². The van der Waals surface area contributed by atoms with Gasteiger partial charge in [-0.05, 0) is 73.8 Å². The molecule has 5 heteroatoms. The van der Waals surface area contributed by atoms with E-state index in [9.17, 15) is 9.90 Å². The van der Waals surface area contributed by atoms with E-state index >= 15 is 0 Å². The fraction of sp³-hybridized carbons (Fsp3) is 0.684. The van der Waals surface area contributed by atoms with Crippen LogP contribution in [0.3, 0.4) is 0 Å². The van der Waals surface area contributed by atoms with Gasteiger partial charge >= 0.3 is 0 Å². The number of aromatic nitrogens is 1. The maximum atomic E-state index is 11.7. The molecule has 0 spiro atoms. The molecule has 0 radical (unpaired) electrons. The maximum Gasteiger partial charge on any atom is 0.269 e. The molecule has 5 nitrogen and oxygen atoms in total. The quantitative estimate of drug-likeness (QED) is 0.776. The predicted molar refractivity (Wildman–Crippen MR) is 92.7 cm³/mol. The molecule has 1 heterocycles. The van der Waals surface area contributed by atoms with Gasteiger partial charge in [0, 0.05) is 13.6 Å². The Labute approximate surface area is 143 Å². The van der Waals surface area contributed by atoms with Crippen LogP contribution < -0.4 is 10.6 Å². The fourth-order valence-electron chi connectivity index (χ4n) is 5.79. The van der Waals surface area contributed by atoms with Crippen molar-refractivity contribution in [1.29, 1.82) is 0 Å². The zero-order valence-corrected chi connectivity index (χ0v) is 14.3. The molecule has 1 aromatic rings. The predicted octanol–water partition coefficient (Wildman–Crippen LogP) is 2.43. The smallest absolute Gasteiger partial charge is 0.269 e. The van der Waals surface area contributed by atoms with Crippen LogP contribution in [0.4, 0.5) is 5.82 Å². The van der Waals surface area contributed by atoms with Gasteiger partial charge in [-0.1, -0.05) is 6.07 Å². The van der Waals surface area contributed by atoms with E-state index in [4.69, 9.17) is 0 Å². The minimum Gasteiger partial charge on any atom is -0.391 e. The molecular formula is C19H27N3O2. The molecule has 130 valence electrons. The van der Waals surface area contributed by atoms with Crippen LogP contribution in [0.15, 0.2) is 18.2 Å². The molecule has 0 aliphatic heterocycles. The van der Waals surface area contributed by atoms with Gasteiger partial charge < -0.3 is 15.7 Å². The monoisotopic (exact) mass is 329 g/mol. The molecule has 4 fully saturated rings. The number of anilines is 1. The van der Waals surface area contributed by atoms with Gasteiger partial charge in [0.2, 0.25) is 0 Å². The summed E-state index contributed by atoms with van der Waals surface area (Å²) < 4.78 is 0. The number of nitrogens with one attached hydrogen (secondary N) is 2. The van der Waals surface area contributed by atoms with Crippen molar-refractivity contribution in [3.63, 3.8) is 0 Å². The molecule has 5 rings (SSSR count). The zero-order valence-electron chi connectivity index (χ0n) is 14.3. The van der Waals surface area contributed by atoms with E-state index in [1.54, 1.807) is 13.1 Å². The molecule has 1 amide bonds. The number of aliphatic hydroxyl groups is 1. The van der Waals surface area contributed by atoms with E-state index in [0.717, 1.165) is 17.8 Å². The van der Waals surface area contributed by atoms with Crippen LogP contribution in [0.1, 0.15) is 49.0 Å². The van der Waals surface area contributed by atoms with E-state index in [1.165, 1.54) is 38.5 Å². The van der Waals surface area contributed by atoms with E-state index in [-0.39, 0.29) is 17.4 Å². The lowest BCUT2D eigenvalue weighted by molar-refractivity contribution is -0.115. The first kappa shape index (κ1) is 15.9. The van der Waals surface area contributed by atoms with Crippen LogP contribution in [0, 0.1) is 23.2 Å². The summed E-state index contributed by atoms with van der Waals surface area (Å²) in [7, 11) is 1.60. The first-order valence-electron chi connectivity index (χ1n) is 9.19. The van der Waals surface area contributed by atoms with Crippen LogP contribution in [-0.2, 0) is 0 Å². The molecule has 4 aliphatic rings. The number of hydrogen-bond acceptors (Lipinski definition) is 4. The van der Waals surface area contributed by atoms with Crippen molar-refractivity contribution in [2.75, 3.05) is 18.9 Å². The van der Waals surface area contributed by atoms with Crippen LogP contribution in [0.25, 0.3) is 0 Å². The molecular weight excluding hydrogens is 302 g/mol. The number of hydrogen-bond donors (Lipinski definition) is 3. The summed E-state index contributed by atoms with van der Waals surface area (Å²) >= 11 is 0. The minimum atomic E-state index is -0.337. The van der Waals surface area contributed by atoms with Gasteiger partial charge in [-0.3, -0.25) is 4.79 Å². The SMILES string of the molecule is CNC(=O)c1cccc(NC[C@@H](O)C23CC4CC(CC(C4)C2)C3)n1. The third kappa shape index (κ3) is 2.79. The Hall–Kier alpha value is -1.62. The van der Waals surface area contributed by atoms with Crippen molar-refractivity contribution in [3.05, 3.63) is 23.9 Å². The van der Waals surface area contributed by atoms with Gasteiger partial charge in [0.05, 0.1) is 6.10 Å². The number of aliphatic hydroxyl groups excluding tert-OH is 1. The van der Waals surface area contributed by atoms with Crippen LogP contribution in [-0.4, -0.2) is 35.7 Å². The Morgan fingerprint density at radius 2 is 1.88 bits per heavy atom. The van der Waals surface area contributed by atoms with E-state index < -0.39 is 0 Å². The number of rotatable bonds is 5. The molecule has 1 aromatic heterocycles. The first-order valence-corrected chi connectivity index (χ1v) is 9.19. The Morgan fingerprint density at radius 1 is 1.25 bits per heavy atom. The van der Waals surface area contributed by atoms with Gasteiger partial charge in [0.1, 0.15) is 11.5 Å². The summed E-state index contributed by atoms with van der Waals surface area (Å²) in [5.74, 6) is 2.96. The number of pyridine rings is 1. The maximum absolute atomic E-state index is 11.7. The molecule has 1 atom stereocenters. The minimum absolute atomic E-state index is 0.111. The first-order chi connectivity index (χ1) is 11.6. The van der Waals surface area contributed by atoms with Crippen molar-refractivity contribution < 1.29 is 9.90 Å². The Kier molecular flexibility index (Phi) is 3.99. The molecule has 24 heavy (non-hydrogen) atoms. The topological polar surface area (TPSA) is 74.2 Å². The van der Waals surface area contributed by atoms with Gasteiger partial charge in [0.15, 0.2) is 0 Å². The normalized spacial score (nSPS) is 34.8. The van der Waals surface area contributed by atoms with Crippen LogP contribution in [0.2, 0.25) is 0 Å². The number of amides is 1. The summed E-state index contributed by atoms with van der Waals surface area (Å²) in [6.45, 7) is 0.510. The van der Waals surface area contributed by atoms with Gasteiger partial charge in [-0.25, -0.2) is 4.98 Å². The van der Waals surface area contributed by atoms with Crippen molar-refractivity contribution in [2.24, 2.45) is 23.2 Å². The molecule has 0 saturated heterocycles. The highest BCUT2D eigenvalue weighted by molar-refractivity contribution is 5.92. The lowest BCUT2D eigenvalue weighted by atomic mass is 9.48. The van der Waals surface area contributed by atoms with Gasteiger partial charge in [-0.15, -0.1) is 0 Å². The molecule has 4 aliphatic carbocycles. The standard InChI is InChI=1S/C19H27N3O2/c1-20-18(24)15-3-2-4-17(22-15)21-11-16(23)19-8-12-5-13(9-19)7-14(6-12)10-19/h2-4,12-14,16,23H,5-11H2,1H3,(H,20,24)(H,21,22)/t12?,13?,14?,16-,19?/m1/s1. The van der Waals surface area contributed by atoms with Crippen molar-refractivity contribution >= 4 is 11.7 Å². The second-order valence-corrected chi connectivity index (χ2v) is 8.16. The van der Waals surface area contributed by atoms with E-state index in [2.05, 4.69) is 15.6 Å². The van der Waals surface area contributed by atoms with E-state index in [1.807, 2.05) is 12.1 Å².